The minimum Gasteiger partial charge on any atom is -0.494 e. The van der Waals surface area contributed by atoms with Crippen LogP contribution in [-0.4, -0.2) is 23.6 Å². The summed E-state index contributed by atoms with van der Waals surface area (Å²) in [5, 5.41) is 11.7. The first kappa shape index (κ1) is 20.7. The number of ether oxygens (including phenoxy) is 1. The number of nitrogens with one attached hydrogen (secondary N) is 2. The minimum absolute atomic E-state index is 0.0339. The number of benzene rings is 2. The summed E-state index contributed by atoms with van der Waals surface area (Å²) in [6.45, 7) is 1.85. The van der Waals surface area contributed by atoms with Crippen molar-refractivity contribution in [2.45, 2.75) is 37.4 Å². The maximum absolute atomic E-state index is 14.6. The molecule has 0 aromatic heterocycles. The molecule has 0 radical (unpaired) electrons. The summed E-state index contributed by atoms with van der Waals surface area (Å²) in [4.78, 5) is 0. The van der Waals surface area contributed by atoms with Crippen LogP contribution in [0.5, 0.6) is 5.75 Å². The molecule has 0 aliphatic heterocycles. The molecule has 0 unspecified atom stereocenters. The second-order valence-corrected chi connectivity index (χ2v) is 8.22. The second kappa shape index (κ2) is 8.53. The average molecular weight is 412 g/mol. The molecule has 0 saturated heterocycles. The van der Waals surface area contributed by atoms with Gasteiger partial charge in [-0.15, -0.1) is 0 Å². The third-order valence-corrected chi connectivity index (χ3v) is 6.11. The lowest BCUT2D eigenvalue weighted by Gasteiger charge is -2.21. The number of aliphatic hydroxyl groups excluding tert-OH is 1. The standard InChI is InChI=1S/C20H23F3N2O2S/c1-12-4-5-15(13(21)10-12)24-19-17(23)14(22)11-16(27-2)18(19)25-28-20(7-8-20)6-3-9-26/h4-5,10-11,24-26H,3,6-9H2,1-2H3. The van der Waals surface area contributed by atoms with Gasteiger partial charge in [0.25, 0.3) is 0 Å². The van der Waals surface area contributed by atoms with Gasteiger partial charge in [0.2, 0.25) is 0 Å². The zero-order valence-corrected chi connectivity index (χ0v) is 16.6. The minimum atomic E-state index is -1.12. The molecule has 0 spiro atoms. The lowest BCUT2D eigenvalue weighted by atomic mass is 10.2. The van der Waals surface area contributed by atoms with Crippen molar-refractivity contribution in [2.75, 3.05) is 23.8 Å². The van der Waals surface area contributed by atoms with Gasteiger partial charge in [-0.1, -0.05) is 6.07 Å². The summed E-state index contributed by atoms with van der Waals surface area (Å²) >= 11 is 1.39. The molecule has 152 valence electrons. The van der Waals surface area contributed by atoms with Crippen molar-refractivity contribution in [1.29, 1.82) is 0 Å². The van der Waals surface area contributed by atoms with Crippen molar-refractivity contribution in [3.8, 4) is 5.75 Å². The molecule has 1 aliphatic carbocycles. The van der Waals surface area contributed by atoms with E-state index in [-0.39, 0.29) is 34.2 Å². The fourth-order valence-electron chi connectivity index (χ4n) is 2.94. The molecule has 0 heterocycles. The number of aryl methyl sites for hydroxylation is 1. The van der Waals surface area contributed by atoms with Gasteiger partial charge in [0, 0.05) is 17.4 Å². The van der Waals surface area contributed by atoms with Crippen molar-refractivity contribution < 1.29 is 23.0 Å². The third-order valence-electron chi connectivity index (χ3n) is 4.76. The van der Waals surface area contributed by atoms with Crippen molar-refractivity contribution >= 4 is 29.0 Å². The van der Waals surface area contributed by atoms with E-state index in [2.05, 4.69) is 10.0 Å². The molecule has 8 heteroatoms. The van der Waals surface area contributed by atoms with Crippen LogP contribution in [0, 0.1) is 24.4 Å². The van der Waals surface area contributed by atoms with Crippen LogP contribution in [0.4, 0.5) is 30.2 Å². The molecular formula is C20H23F3N2O2S. The van der Waals surface area contributed by atoms with E-state index >= 15 is 0 Å². The van der Waals surface area contributed by atoms with Crippen LogP contribution in [0.1, 0.15) is 31.2 Å². The van der Waals surface area contributed by atoms with Gasteiger partial charge in [-0.3, -0.25) is 0 Å². The second-order valence-electron chi connectivity index (χ2n) is 6.95. The van der Waals surface area contributed by atoms with Crippen LogP contribution < -0.4 is 14.8 Å². The Morgan fingerprint density at radius 2 is 1.89 bits per heavy atom. The first-order chi connectivity index (χ1) is 13.4. The van der Waals surface area contributed by atoms with Gasteiger partial charge in [0.1, 0.15) is 22.9 Å². The molecule has 2 aromatic rings. The van der Waals surface area contributed by atoms with Crippen molar-refractivity contribution in [3.63, 3.8) is 0 Å². The highest BCUT2D eigenvalue weighted by Gasteiger charge is 2.43. The Balaban J connectivity index is 1.92. The van der Waals surface area contributed by atoms with Gasteiger partial charge in [-0.05, 0) is 62.3 Å². The van der Waals surface area contributed by atoms with Gasteiger partial charge in [-0.2, -0.15) is 0 Å². The molecule has 0 bridgehead atoms. The fraction of sp³-hybridized carbons (Fsp3) is 0.400. The zero-order valence-electron chi connectivity index (χ0n) is 15.7. The van der Waals surface area contributed by atoms with E-state index in [1.165, 1.54) is 31.2 Å². The van der Waals surface area contributed by atoms with Crippen LogP contribution >= 0.6 is 11.9 Å². The lowest BCUT2D eigenvalue weighted by Crippen LogP contribution is -2.10. The largest absolute Gasteiger partial charge is 0.494 e. The van der Waals surface area contributed by atoms with E-state index in [1.807, 2.05) is 0 Å². The van der Waals surface area contributed by atoms with E-state index < -0.39 is 17.5 Å². The predicted molar refractivity (Wildman–Crippen MR) is 107 cm³/mol. The number of aliphatic hydroxyl groups is 1. The Labute approximate surface area is 166 Å². The maximum atomic E-state index is 14.6. The van der Waals surface area contributed by atoms with E-state index in [1.54, 1.807) is 13.0 Å². The summed E-state index contributed by atoms with van der Waals surface area (Å²) in [5.41, 5.74) is 0.743. The predicted octanol–water partition coefficient (Wildman–Crippen LogP) is 5.53. The molecular weight excluding hydrogens is 389 g/mol. The Morgan fingerprint density at radius 1 is 1.14 bits per heavy atom. The van der Waals surface area contributed by atoms with Gasteiger partial charge < -0.3 is 19.9 Å². The van der Waals surface area contributed by atoms with E-state index in [4.69, 9.17) is 9.84 Å². The number of halogens is 3. The van der Waals surface area contributed by atoms with E-state index in [0.717, 1.165) is 25.3 Å². The Kier molecular flexibility index (Phi) is 6.30. The Morgan fingerprint density at radius 3 is 2.50 bits per heavy atom. The number of hydrogen-bond acceptors (Lipinski definition) is 5. The Bertz CT molecular complexity index is 860. The average Bonchev–Trinajstić information content (AvgIpc) is 3.44. The summed E-state index contributed by atoms with van der Waals surface area (Å²) in [5.74, 6) is -2.67. The van der Waals surface area contributed by atoms with Crippen molar-refractivity contribution in [3.05, 3.63) is 47.3 Å². The molecule has 28 heavy (non-hydrogen) atoms. The highest BCUT2D eigenvalue weighted by Crippen LogP contribution is 2.53. The fourth-order valence-corrected chi connectivity index (χ4v) is 4.02. The van der Waals surface area contributed by atoms with E-state index in [0.29, 0.717) is 12.0 Å². The van der Waals surface area contributed by atoms with Gasteiger partial charge in [-0.25, -0.2) is 13.2 Å². The smallest absolute Gasteiger partial charge is 0.184 e. The van der Waals surface area contributed by atoms with Crippen LogP contribution in [0.25, 0.3) is 0 Å². The molecule has 0 atom stereocenters. The lowest BCUT2D eigenvalue weighted by molar-refractivity contribution is 0.283. The number of anilines is 3. The summed E-state index contributed by atoms with van der Waals surface area (Å²) in [6.07, 6.45) is 3.41. The van der Waals surface area contributed by atoms with Crippen molar-refractivity contribution in [1.82, 2.24) is 0 Å². The normalized spacial score (nSPS) is 14.6. The quantitative estimate of drug-likeness (QED) is 0.473. The summed E-state index contributed by atoms with van der Waals surface area (Å²) in [7, 11) is 1.36. The van der Waals surface area contributed by atoms with Crippen molar-refractivity contribution in [2.24, 2.45) is 0 Å². The third kappa shape index (κ3) is 4.50. The molecule has 3 rings (SSSR count). The SMILES string of the molecule is COc1cc(F)c(F)c(Nc2ccc(C)cc2F)c1NSC1(CCCO)CC1. The molecule has 1 fully saturated rings. The van der Waals surface area contributed by atoms with Crippen LogP contribution in [-0.2, 0) is 0 Å². The van der Waals surface area contributed by atoms with Gasteiger partial charge in [0.15, 0.2) is 11.6 Å². The molecule has 0 amide bonds. The first-order valence-electron chi connectivity index (χ1n) is 9.03. The summed E-state index contributed by atoms with van der Waals surface area (Å²) < 4.78 is 51.2. The molecule has 1 saturated carbocycles. The van der Waals surface area contributed by atoms with Gasteiger partial charge >= 0.3 is 0 Å². The maximum Gasteiger partial charge on any atom is 0.184 e. The topological polar surface area (TPSA) is 53.5 Å². The molecule has 3 N–H and O–H groups in total. The number of rotatable bonds is 9. The van der Waals surface area contributed by atoms with E-state index in [9.17, 15) is 13.2 Å². The number of methoxy groups -OCH3 is 1. The highest BCUT2D eigenvalue weighted by atomic mass is 32.2. The zero-order chi connectivity index (χ0) is 20.3. The van der Waals surface area contributed by atoms with Crippen LogP contribution in [0.2, 0.25) is 0 Å². The first-order valence-corrected chi connectivity index (χ1v) is 9.85. The number of hydrogen-bond donors (Lipinski definition) is 3. The molecule has 2 aromatic carbocycles. The monoisotopic (exact) mass is 412 g/mol. The molecule has 1 aliphatic rings. The highest BCUT2D eigenvalue weighted by molar-refractivity contribution is 8.02. The Hall–Kier alpha value is -2.06. The van der Waals surface area contributed by atoms with Crippen LogP contribution in [0.3, 0.4) is 0 Å². The summed E-state index contributed by atoms with van der Waals surface area (Å²) in [6, 6.07) is 5.42. The van der Waals surface area contributed by atoms with Crippen LogP contribution in [0.15, 0.2) is 24.3 Å². The molecule has 4 nitrogen and oxygen atoms in total. The van der Waals surface area contributed by atoms with Gasteiger partial charge in [0.05, 0.1) is 12.8 Å².